The molecule has 0 radical (unpaired) electrons. The van der Waals surface area contributed by atoms with E-state index in [0.717, 1.165) is 40.7 Å². The first-order chi connectivity index (χ1) is 9.16. The van der Waals surface area contributed by atoms with Gasteiger partial charge in [-0.2, -0.15) is 0 Å². The van der Waals surface area contributed by atoms with E-state index in [4.69, 9.17) is 5.73 Å². The van der Waals surface area contributed by atoms with Gasteiger partial charge in [-0.1, -0.05) is 15.9 Å². The molecule has 2 aromatic rings. The second kappa shape index (κ2) is 5.11. The zero-order valence-corrected chi connectivity index (χ0v) is 12.7. The van der Waals surface area contributed by atoms with Gasteiger partial charge in [0, 0.05) is 40.7 Å². The molecule has 6 heteroatoms. The summed E-state index contributed by atoms with van der Waals surface area (Å²) in [5.74, 6) is 0.0522. The number of hydrogen-bond donors (Lipinski definition) is 2. The van der Waals surface area contributed by atoms with Gasteiger partial charge in [0.2, 0.25) is 0 Å². The van der Waals surface area contributed by atoms with Crippen molar-refractivity contribution >= 4 is 48.9 Å². The summed E-state index contributed by atoms with van der Waals surface area (Å²) in [6.07, 6.45) is 0. The zero-order chi connectivity index (χ0) is 13.4. The molecule has 19 heavy (non-hydrogen) atoms. The average Bonchev–Trinajstić information content (AvgIpc) is 2.76. The van der Waals surface area contributed by atoms with Gasteiger partial charge in [-0.25, -0.2) is 0 Å². The minimum absolute atomic E-state index is 0.0522. The van der Waals surface area contributed by atoms with E-state index in [1.807, 2.05) is 23.1 Å². The molecule has 1 aromatic carbocycles. The van der Waals surface area contributed by atoms with Gasteiger partial charge in [-0.05, 0) is 18.2 Å². The van der Waals surface area contributed by atoms with Gasteiger partial charge in [0.1, 0.15) is 4.88 Å². The number of nitrogens with two attached hydrogens (primary N) is 1. The molecular formula is C13H14BrN3OS. The number of benzene rings is 1. The average molecular weight is 340 g/mol. The van der Waals surface area contributed by atoms with Gasteiger partial charge in [-0.3, -0.25) is 4.79 Å². The zero-order valence-electron chi connectivity index (χ0n) is 10.3. The number of amides is 1. The molecule has 1 aliphatic heterocycles. The maximum Gasteiger partial charge on any atom is 0.266 e. The monoisotopic (exact) mass is 339 g/mol. The van der Waals surface area contributed by atoms with E-state index in [2.05, 4.69) is 21.2 Å². The molecule has 1 saturated heterocycles. The van der Waals surface area contributed by atoms with Gasteiger partial charge in [-0.15, -0.1) is 11.3 Å². The predicted octanol–water partition coefficient (Wildman–Crippen LogP) is 2.29. The largest absolute Gasteiger partial charge is 0.397 e. The molecule has 1 aromatic heterocycles. The Morgan fingerprint density at radius 2 is 2.11 bits per heavy atom. The third-order valence-electron chi connectivity index (χ3n) is 3.29. The molecule has 0 aliphatic carbocycles. The summed E-state index contributed by atoms with van der Waals surface area (Å²) in [7, 11) is 0. The fourth-order valence-corrected chi connectivity index (χ4v) is 3.69. The Labute approximate surface area is 123 Å². The Morgan fingerprint density at radius 3 is 2.84 bits per heavy atom. The van der Waals surface area contributed by atoms with Crippen LogP contribution >= 0.6 is 27.3 Å². The van der Waals surface area contributed by atoms with Crippen LogP contribution in [0.15, 0.2) is 22.7 Å². The number of anilines is 1. The van der Waals surface area contributed by atoms with E-state index in [0.29, 0.717) is 10.6 Å². The van der Waals surface area contributed by atoms with Gasteiger partial charge < -0.3 is 16.0 Å². The molecule has 0 spiro atoms. The minimum Gasteiger partial charge on any atom is -0.397 e. The summed E-state index contributed by atoms with van der Waals surface area (Å²) in [6, 6.07) is 5.93. The van der Waals surface area contributed by atoms with Crippen LogP contribution < -0.4 is 11.1 Å². The Hall–Kier alpha value is -1.11. The molecule has 2 heterocycles. The summed E-state index contributed by atoms with van der Waals surface area (Å²) in [6.45, 7) is 3.19. The van der Waals surface area contributed by atoms with Gasteiger partial charge >= 0.3 is 0 Å². The van der Waals surface area contributed by atoms with E-state index in [1.54, 1.807) is 0 Å². The number of fused-ring (bicyclic) bond motifs is 1. The summed E-state index contributed by atoms with van der Waals surface area (Å²) in [4.78, 5) is 15.0. The molecule has 3 N–H and O–H groups in total. The van der Waals surface area contributed by atoms with Crippen molar-refractivity contribution in [2.24, 2.45) is 0 Å². The first kappa shape index (κ1) is 12.9. The summed E-state index contributed by atoms with van der Waals surface area (Å²) in [5, 5.41) is 4.20. The second-order valence-corrected chi connectivity index (χ2v) is 6.50. The Morgan fingerprint density at radius 1 is 1.37 bits per heavy atom. The van der Waals surface area contributed by atoms with Crippen LogP contribution in [0.4, 0.5) is 5.69 Å². The van der Waals surface area contributed by atoms with Crippen molar-refractivity contribution in [2.75, 3.05) is 31.9 Å². The molecule has 1 amide bonds. The Bertz CT molecular complexity index is 634. The van der Waals surface area contributed by atoms with Crippen LogP contribution in [-0.2, 0) is 0 Å². The highest BCUT2D eigenvalue weighted by molar-refractivity contribution is 9.10. The summed E-state index contributed by atoms with van der Waals surface area (Å²) < 4.78 is 2.03. The molecule has 1 aliphatic rings. The number of nitrogens with one attached hydrogen (secondary N) is 1. The number of carbonyl (C=O) groups is 1. The van der Waals surface area contributed by atoms with Crippen molar-refractivity contribution in [3.63, 3.8) is 0 Å². The third-order valence-corrected chi connectivity index (χ3v) is 4.95. The van der Waals surface area contributed by atoms with Gasteiger partial charge in [0.05, 0.1) is 5.69 Å². The maximum atomic E-state index is 12.5. The lowest BCUT2D eigenvalue weighted by Gasteiger charge is -2.27. The van der Waals surface area contributed by atoms with E-state index >= 15 is 0 Å². The number of carbonyl (C=O) groups excluding carboxylic acids is 1. The van der Waals surface area contributed by atoms with Crippen LogP contribution in [0.25, 0.3) is 10.1 Å². The van der Waals surface area contributed by atoms with Crippen molar-refractivity contribution in [1.82, 2.24) is 10.2 Å². The van der Waals surface area contributed by atoms with Crippen molar-refractivity contribution in [3.05, 3.63) is 27.5 Å². The quantitative estimate of drug-likeness (QED) is 0.838. The van der Waals surface area contributed by atoms with E-state index in [-0.39, 0.29) is 5.91 Å². The molecular weight excluding hydrogens is 326 g/mol. The normalized spacial score (nSPS) is 15.9. The summed E-state index contributed by atoms with van der Waals surface area (Å²) in [5.41, 5.74) is 6.74. The maximum absolute atomic E-state index is 12.5. The van der Waals surface area contributed by atoms with Crippen LogP contribution in [0.2, 0.25) is 0 Å². The third kappa shape index (κ3) is 2.35. The molecule has 3 rings (SSSR count). The number of hydrogen-bond acceptors (Lipinski definition) is 4. The fourth-order valence-electron chi connectivity index (χ4n) is 2.26. The molecule has 4 nitrogen and oxygen atoms in total. The summed E-state index contributed by atoms with van der Waals surface area (Å²) >= 11 is 4.91. The first-order valence-corrected chi connectivity index (χ1v) is 7.75. The lowest BCUT2D eigenvalue weighted by Crippen LogP contribution is -2.46. The molecule has 0 saturated carbocycles. The first-order valence-electron chi connectivity index (χ1n) is 6.14. The van der Waals surface area contributed by atoms with Crippen molar-refractivity contribution in [1.29, 1.82) is 0 Å². The van der Waals surface area contributed by atoms with E-state index in [9.17, 15) is 4.79 Å². The van der Waals surface area contributed by atoms with Crippen molar-refractivity contribution in [2.45, 2.75) is 0 Å². The van der Waals surface area contributed by atoms with Gasteiger partial charge in [0.25, 0.3) is 5.91 Å². The number of rotatable bonds is 1. The highest BCUT2D eigenvalue weighted by Crippen LogP contribution is 2.36. The van der Waals surface area contributed by atoms with Crippen LogP contribution in [0.3, 0.4) is 0 Å². The highest BCUT2D eigenvalue weighted by Gasteiger charge is 2.23. The van der Waals surface area contributed by atoms with E-state index in [1.165, 1.54) is 11.3 Å². The molecule has 100 valence electrons. The fraction of sp³-hybridized carbons (Fsp3) is 0.308. The number of nitrogen functional groups attached to an aromatic ring is 1. The molecule has 0 bridgehead atoms. The highest BCUT2D eigenvalue weighted by atomic mass is 79.9. The van der Waals surface area contributed by atoms with Crippen LogP contribution in [0.5, 0.6) is 0 Å². The number of nitrogens with zero attached hydrogens (tertiary/aromatic N) is 1. The van der Waals surface area contributed by atoms with Crippen LogP contribution in [-0.4, -0.2) is 37.0 Å². The number of halogens is 1. The smallest absolute Gasteiger partial charge is 0.266 e. The van der Waals surface area contributed by atoms with Crippen LogP contribution in [0, 0.1) is 0 Å². The molecule has 0 atom stereocenters. The number of piperazine rings is 1. The second-order valence-electron chi connectivity index (χ2n) is 4.53. The minimum atomic E-state index is 0.0522. The standard InChI is InChI=1S/C13H14BrN3OS/c14-8-1-2-10-9(7-8)11(15)12(19-10)13(18)17-5-3-16-4-6-17/h1-2,7,16H,3-6,15H2. The molecule has 1 fully saturated rings. The SMILES string of the molecule is Nc1c(C(=O)N2CCNCC2)sc2ccc(Br)cc12. The lowest BCUT2D eigenvalue weighted by molar-refractivity contribution is 0.0742. The Kier molecular flexibility index (Phi) is 3.47. The lowest BCUT2D eigenvalue weighted by atomic mass is 10.2. The predicted molar refractivity (Wildman–Crippen MR) is 82.7 cm³/mol. The van der Waals surface area contributed by atoms with Gasteiger partial charge in [0.15, 0.2) is 0 Å². The van der Waals surface area contributed by atoms with Crippen molar-refractivity contribution < 1.29 is 4.79 Å². The molecule has 0 unspecified atom stereocenters. The van der Waals surface area contributed by atoms with E-state index < -0.39 is 0 Å². The number of thiophene rings is 1. The topological polar surface area (TPSA) is 58.4 Å². The van der Waals surface area contributed by atoms with Crippen molar-refractivity contribution in [3.8, 4) is 0 Å². The van der Waals surface area contributed by atoms with Crippen LogP contribution in [0.1, 0.15) is 9.67 Å². The Balaban J connectivity index is 2.00.